The Morgan fingerprint density at radius 1 is 1.56 bits per heavy atom. The predicted octanol–water partition coefficient (Wildman–Crippen LogP) is 1.74. The van der Waals surface area contributed by atoms with Gasteiger partial charge in [-0.3, -0.25) is 4.79 Å². The van der Waals surface area contributed by atoms with Crippen LogP contribution in [0.1, 0.15) is 25.5 Å². The summed E-state index contributed by atoms with van der Waals surface area (Å²) in [6, 6.07) is 4.15. The molecular weight excluding hydrogens is 237 g/mol. The van der Waals surface area contributed by atoms with Crippen LogP contribution in [-0.2, 0) is 4.79 Å². The summed E-state index contributed by atoms with van der Waals surface area (Å²) in [4.78, 5) is 13.0. The van der Waals surface area contributed by atoms with Crippen molar-refractivity contribution in [2.45, 2.75) is 20.0 Å². The molecule has 0 fully saturated rings. The van der Waals surface area contributed by atoms with E-state index in [-0.39, 0.29) is 23.8 Å². The molecule has 1 amide bonds. The first-order chi connectivity index (χ1) is 8.45. The van der Waals surface area contributed by atoms with Crippen LogP contribution in [0.5, 0.6) is 5.75 Å². The summed E-state index contributed by atoms with van der Waals surface area (Å²) in [6.45, 7) is 3.81. The Morgan fingerprint density at radius 2 is 2.22 bits per heavy atom. The first-order valence-corrected chi connectivity index (χ1v) is 5.80. The number of hydrogen-bond donors (Lipinski definition) is 1. The number of ether oxygens (including phenoxy) is 1. The molecule has 0 unspecified atom stereocenters. The minimum atomic E-state index is -0.869. The fourth-order valence-corrected chi connectivity index (χ4v) is 1.37. The van der Waals surface area contributed by atoms with Gasteiger partial charge in [-0.2, -0.15) is 0 Å². The summed E-state index contributed by atoms with van der Waals surface area (Å²) in [5.41, 5.74) is 0.208. The van der Waals surface area contributed by atoms with E-state index in [0.29, 0.717) is 6.54 Å². The van der Waals surface area contributed by atoms with Gasteiger partial charge in [0, 0.05) is 25.2 Å². The lowest BCUT2D eigenvalue weighted by Gasteiger charge is -2.15. The van der Waals surface area contributed by atoms with E-state index < -0.39 is 11.9 Å². The summed E-state index contributed by atoms with van der Waals surface area (Å²) in [7, 11) is 1.67. The molecule has 1 aromatic carbocycles. The highest BCUT2D eigenvalue weighted by Gasteiger charge is 2.11. The van der Waals surface area contributed by atoms with Gasteiger partial charge in [-0.15, -0.1) is 0 Å². The molecule has 0 heterocycles. The van der Waals surface area contributed by atoms with E-state index in [4.69, 9.17) is 4.74 Å². The molecule has 0 aliphatic rings. The van der Waals surface area contributed by atoms with Crippen molar-refractivity contribution in [2.75, 3.05) is 20.2 Å². The van der Waals surface area contributed by atoms with E-state index in [0.717, 1.165) is 0 Å². The summed E-state index contributed by atoms with van der Waals surface area (Å²) in [5, 5.41) is 9.28. The molecule has 0 saturated heterocycles. The van der Waals surface area contributed by atoms with E-state index in [1.165, 1.54) is 30.0 Å². The highest BCUT2D eigenvalue weighted by molar-refractivity contribution is 5.77. The summed E-state index contributed by atoms with van der Waals surface area (Å²) < 4.78 is 18.7. The zero-order valence-corrected chi connectivity index (χ0v) is 10.8. The third-order valence-corrected chi connectivity index (χ3v) is 2.68. The van der Waals surface area contributed by atoms with E-state index in [1.807, 2.05) is 6.92 Å². The van der Waals surface area contributed by atoms with Gasteiger partial charge in [0.05, 0.1) is 6.10 Å². The first-order valence-electron chi connectivity index (χ1n) is 5.80. The zero-order chi connectivity index (χ0) is 13.7. The Bertz CT molecular complexity index is 421. The van der Waals surface area contributed by atoms with Gasteiger partial charge in [-0.25, -0.2) is 4.39 Å². The average molecular weight is 255 g/mol. The molecule has 1 rings (SSSR count). The average Bonchev–Trinajstić information content (AvgIpc) is 2.34. The van der Waals surface area contributed by atoms with Crippen LogP contribution in [0.15, 0.2) is 18.2 Å². The normalized spacial score (nSPS) is 12.1. The van der Waals surface area contributed by atoms with Crippen molar-refractivity contribution >= 4 is 5.91 Å². The molecule has 100 valence electrons. The first kappa shape index (κ1) is 14.4. The third-order valence-electron chi connectivity index (χ3n) is 2.68. The Kier molecular flexibility index (Phi) is 5.09. The fraction of sp³-hybridized carbons (Fsp3) is 0.462. The molecule has 1 atom stereocenters. The second kappa shape index (κ2) is 6.35. The molecule has 1 aromatic rings. The molecular formula is C13H18FNO3. The lowest BCUT2D eigenvalue weighted by molar-refractivity contribution is -0.131. The maximum Gasteiger partial charge on any atom is 0.260 e. The number of carbonyl (C=O) groups excluding carboxylic acids is 1. The predicted molar refractivity (Wildman–Crippen MR) is 65.8 cm³/mol. The standard InChI is InChI=1S/C13H18FNO3/c1-4-15(3)13(17)8-18-10-5-6-11(9(2)16)12(14)7-10/h5-7,9,16H,4,8H2,1-3H3/t9-/m0/s1. The summed E-state index contributed by atoms with van der Waals surface area (Å²) in [5.74, 6) is -0.439. The molecule has 18 heavy (non-hydrogen) atoms. The zero-order valence-electron chi connectivity index (χ0n) is 10.8. The van der Waals surface area contributed by atoms with Gasteiger partial charge in [0.2, 0.25) is 0 Å². The second-order valence-corrected chi connectivity index (χ2v) is 4.06. The maximum absolute atomic E-state index is 13.5. The number of carbonyl (C=O) groups is 1. The van der Waals surface area contributed by atoms with Gasteiger partial charge in [0.15, 0.2) is 6.61 Å². The number of nitrogens with zero attached hydrogens (tertiary/aromatic N) is 1. The van der Waals surface area contributed by atoms with Crippen molar-refractivity contribution < 1.29 is 19.0 Å². The van der Waals surface area contributed by atoms with Gasteiger partial charge < -0.3 is 14.7 Å². The molecule has 4 nitrogen and oxygen atoms in total. The highest BCUT2D eigenvalue weighted by Crippen LogP contribution is 2.21. The Labute approximate surface area is 106 Å². The van der Waals surface area contributed by atoms with Gasteiger partial charge >= 0.3 is 0 Å². The topological polar surface area (TPSA) is 49.8 Å². The number of benzene rings is 1. The number of aliphatic hydroxyl groups excluding tert-OH is 1. The minimum Gasteiger partial charge on any atom is -0.484 e. The molecule has 1 N–H and O–H groups in total. The van der Waals surface area contributed by atoms with Crippen molar-refractivity contribution in [3.05, 3.63) is 29.6 Å². The molecule has 0 aliphatic heterocycles. The number of likely N-dealkylation sites (N-methyl/N-ethyl adjacent to an activating group) is 1. The van der Waals surface area contributed by atoms with Crippen LogP contribution in [0.2, 0.25) is 0 Å². The molecule has 0 bridgehead atoms. The van der Waals surface area contributed by atoms with Crippen molar-refractivity contribution in [2.24, 2.45) is 0 Å². The third kappa shape index (κ3) is 3.70. The van der Waals surface area contributed by atoms with Crippen LogP contribution in [0.3, 0.4) is 0 Å². The number of rotatable bonds is 5. The molecule has 5 heteroatoms. The largest absolute Gasteiger partial charge is 0.484 e. The lowest BCUT2D eigenvalue weighted by atomic mass is 10.1. The minimum absolute atomic E-state index is 0.127. The number of hydrogen-bond acceptors (Lipinski definition) is 3. The highest BCUT2D eigenvalue weighted by atomic mass is 19.1. The van der Waals surface area contributed by atoms with Crippen molar-refractivity contribution in [1.82, 2.24) is 4.90 Å². The van der Waals surface area contributed by atoms with Crippen LogP contribution in [0, 0.1) is 5.82 Å². The van der Waals surface area contributed by atoms with Crippen LogP contribution in [-0.4, -0.2) is 36.1 Å². The number of amides is 1. The molecule has 0 radical (unpaired) electrons. The van der Waals surface area contributed by atoms with Crippen LogP contribution in [0.25, 0.3) is 0 Å². The van der Waals surface area contributed by atoms with Crippen molar-refractivity contribution in [3.8, 4) is 5.75 Å². The molecule has 0 saturated carbocycles. The number of halogens is 1. The van der Waals surface area contributed by atoms with E-state index in [2.05, 4.69) is 0 Å². The fourth-order valence-electron chi connectivity index (χ4n) is 1.37. The molecule has 0 aliphatic carbocycles. The number of aliphatic hydroxyl groups is 1. The van der Waals surface area contributed by atoms with Gasteiger partial charge in [0.1, 0.15) is 11.6 Å². The SMILES string of the molecule is CCN(C)C(=O)COc1ccc([C@H](C)O)c(F)c1. The van der Waals surface area contributed by atoms with Gasteiger partial charge in [-0.1, -0.05) is 0 Å². The quantitative estimate of drug-likeness (QED) is 0.871. The lowest BCUT2D eigenvalue weighted by Crippen LogP contribution is -2.31. The van der Waals surface area contributed by atoms with Crippen LogP contribution in [0.4, 0.5) is 4.39 Å². The molecule has 0 spiro atoms. The Balaban J connectivity index is 2.64. The smallest absolute Gasteiger partial charge is 0.260 e. The second-order valence-electron chi connectivity index (χ2n) is 4.06. The van der Waals surface area contributed by atoms with E-state index in [1.54, 1.807) is 7.05 Å². The summed E-state index contributed by atoms with van der Waals surface area (Å²) >= 11 is 0. The maximum atomic E-state index is 13.5. The monoisotopic (exact) mass is 255 g/mol. The molecule has 0 aromatic heterocycles. The van der Waals surface area contributed by atoms with Gasteiger partial charge in [0.25, 0.3) is 5.91 Å². The Hall–Kier alpha value is -1.62. The van der Waals surface area contributed by atoms with Gasteiger partial charge in [-0.05, 0) is 26.0 Å². The van der Waals surface area contributed by atoms with Crippen molar-refractivity contribution in [3.63, 3.8) is 0 Å². The van der Waals surface area contributed by atoms with Crippen molar-refractivity contribution in [1.29, 1.82) is 0 Å². The van der Waals surface area contributed by atoms with E-state index in [9.17, 15) is 14.3 Å². The van der Waals surface area contributed by atoms with Crippen LogP contribution >= 0.6 is 0 Å². The van der Waals surface area contributed by atoms with E-state index >= 15 is 0 Å². The van der Waals surface area contributed by atoms with Crippen LogP contribution < -0.4 is 4.74 Å². The summed E-state index contributed by atoms with van der Waals surface area (Å²) in [6.07, 6.45) is -0.869. The Morgan fingerprint density at radius 3 is 2.72 bits per heavy atom.